The molecule has 0 heteroatoms. The van der Waals surface area contributed by atoms with Gasteiger partial charge in [-0.2, -0.15) is 0 Å². The molecule has 0 bridgehead atoms. The average molecular weight is 523 g/mol. The molecular weight excluding hydrogens is 468 g/mol. The van der Waals surface area contributed by atoms with Gasteiger partial charge < -0.3 is 0 Å². The number of benzene rings is 2. The van der Waals surface area contributed by atoms with Crippen molar-refractivity contribution in [2.24, 2.45) is 52.3 Å². The van der Waals surface area contributed by atoms with E-state index in [1.807, 2.05) is 0 Å². The van der Waals surface area contributed by atoms with Crippen LogP contribution in [0.1, 0.15) is 123 Å². The number of rotatable bonds is 5. The maximum absolute atomic E-state index is 2.78. The van der Waals surface area contributed by atoms with Crippen molar-refractivity contribution in [3.05, 3.63) is 59.7 Å². The topological polar surface area (TPSA) is 0 Å². The summed E-state index contributed by atoms with van der Waals surface area (Å²) in [5, 5.41) is 0. The Balaban J connectivity index is 1.13. The van der Waals surface area contributed by atoms with E-state index in [2.05, 4.69) is 83.1 Å². The zero-order valence-corrected chi connectivity index (χ0v) is 25.6. The average Bonchev–Trinajstić information content (AvgIpc) is 3.42. The lowest BCUT2D eigenvalue weighted by molar-refractivity contribution is -0.121. The first-order valence-corrected chi connectivity index (χ1v) is 17.0. The second kappa shape index (κ2) is 9.49. The minimum atomic E-state index is 0.261. The molecule has 5 aliphatic rings. The predicted molar refractivity (Wildman–Crippen MR) is 166 cm³/mol. The molecule has 2 aromatic rings. The van der Waals surface area contributed by atoms with Crippen LogP contribution in [0, 0.1) is 52.3 Å². The normalized spacial score (nSPS) is 38.6. The first-order chi connectivity index (χ1) is 18.8. The maximum Gasteiger partial charge on any atom is 0.0218 e. The van der Waals surface area contributed by atoms with Crippen LogP contribution < -0.4 is 0 Å². The van der Waals surface area contributed by atoms with E-state index < -0.39 is 0 Å². The van der Waals surface area contributed by atoms with E-state index in [9.17, 15) is 0 Å². The van der Waals surface area contributed by atoms with Crippen LogP contribution in [-0.4, -0.2) is 0 Å². The molecule has 7 rings (SSSR count). The molecule has 1 spiro atoms. The quantitative estimate of drug-likeness (QED) is 0.366. The van der Waals surface area contributed by atoms with Gasteiger partial charge in [0.1, 0.15) is 0 Å². The van der Waals surface area contributed by atoms with Gasteiger partial charge in [0.25, 0.3) is 0 Å². The van der Waals surface area contributed by atoms with Crippen molar-refractivity contribution in [1.29, 1.82) is 0 Å². The van der Waals surface area contributed by atoms with Gasteiger partial charge >= 0.3 is 0 Å². The van der Waals surface area contributed by atoms with Crippen molar-refractivity contribution in [2.45, 2.75) is 117 Å². The van der Waals surface area contributed by atoms with Gasteiger partial charge in [0.15, 0.2) is 0 Å². The highest BCUT2D eigenvalue weighted by molar-refractivity contribution is 5.81. The van der Waals surface area contributed by atoms with E-state index >= 15 is 0 Å². The molecule has 0 radical (unpaired) electrons. The van der Waals surface area contributed by atoms with Gasteiger partial charge in [-0.15, -0.1) is 0 Å². The first-order valence-electron chi connectivity index (χ1n) is 17.0. The number of fused-ring (bicyclic) bond motifs is 10. The summed E-state index contributed by atoms with van der Waals surface area (Å²) in [7, 11) is 0. The molecule has 4 fully saturated rings. The fourth-order valence-corrected chi connectivity index (χ4v) is 12.2. The molecule has 0 saturated heterocycles. The van der Waals surface area contributed by atoms with Crippen LogP contribution in [0.4, 0.5) is 0 Å². The second-order valence-electron chi connectivity index (χ2n) is 16.1. The van der Waals surface area contributed by atoms with Crippen LogP contribution in [0.15, 0.2) is 48.5 Å². The smallest absolute Gasteiger partial charge is 0.0218 e. The molecule has 2 aromatic carbocycles. The summed E-state index contributed by atoms with van der Waals surface area (Å²) in [5.74, 6) is 6.58. The summed E-state index contributed by atoms with van der Waals surface area (Å²) in [6.07, 6.45) is 17.6. The SMILES string of the molecule is CC(C)CCC[C@@H](C)[C@H]1CC[C@H]2[C@@H]3CC[C@H]4CC5(CC[C@]4(C)[C@H]3CC[C@]12C)c1ccccc1-c1ccccc15. The van der Waals surface area contributed by atoms with Crippen LogP contribution >= 0.6 is 0 Å². The molecule has 5 aliphatic carbocycles. The van der Waals surface area contributed by atoms with Gasteiger partial charge in [-0.1, -0.05) is 102 Å². The minimum absolute atomic E-state index is 0.261. The van der Waals surface area contributed by atoms with Gasteiger partial charge in [0.2, 0.25) is 0 Å². The number of hydrogen-bond acceptors (Lipinski definition) is 0. The standard InChI is InChI=1S/C39H54/c1-26(2)11-10-12-27(3)32-19-20-33-31-18-17-28-25-39(24-23-37(28,4)34(31)21-22-38(32,33)5)35-15-8-6-13-29(35)30-14-7-9-16-36(30)39/h6-9,13-16,26-28,31-34H,10-12,17-25H2,1-5H3/t27-,28+,31+,32-,33+,34+,37+,38-/m1/s1. The van der Waals surface area contributed by atoms with Crippen LogP contribution in [0.5, 0.6) is 0 Å². The molecule has 39 heavy (non-hydrogen) atoms. The molecule has 210 valence electrons. The molecule has 0 unspecified atom stereocenters. The van der Waals surface area contributed by atoms with Gasteiger partial charge in [-0.3, -0.25) is 0 Å². The summed E-state index contributed by atoms with van der Waals surface area (Å²) in [4.78, 5) is 0. The Morgan fingerprint density at radius 1 is 0.692 bits per heavy atom. The van der Waals surface area contributed by atoms with E-state index in [0.717, 1.165) is 41.4 Å². The molecule has 0 nitrogen and oxygen atoms in total. The van der Waals surface area contributed by atoms with E-state index in [4.69, 9.17) is 0 Å². The lowest BCUT2D eigenvalue weighted by Gasteiger charge is -2.63. The third-order valence-electron chi connectivity index (χ3n) is 14.1. The monoisotopic (exact) mass is 522 g/mol. The molecule has 0 heterocycles. The molecule has 0 aliphatic heterocycles. The van der Waals surface area contributed by atoms with Gasteiger partial charge in [-0.05, 0) is 132 Å². The highest BCUT2D eigenvalue weighted by Crippen LogP contribution is 2.71. The maximum atomic E-state index is 2.78. The zero-order valence-electron chi connectivity index (χ0n) is 25.6. The van der Waals surface area contributed by atoms with Gasteiger partial charge in [0.05, 0.1) is 0 Å². The fraction of sp³-hybridized carbons (Fsp3) is 0.692. The Morgan fingerprint density at radius 3 is 2.05 bits per heavy atom. The summed E-state index contributed by atoms with van der Waals surface area (Å²) in [5.41, 5.74) is 7.77. The summed E-state index contributed by atoms with van der Waals surface area (Å²) >= 11 is 0. The largest absolute Gasteiger partial charge is 0.0628 e. The van der Waals surface area contributed by atoms with Crippen molar-refractivity contribution in [3.8, 4) is 11.1 Å². The summed E-state index contributed by atoms with van der Waals surface area (Å²) in [6, 6.07) is 18.9. The Labute approximate surface area is 239 Å². The van der Waals surface area contributed by atoms with E-state index in [1.54, 1.807) is 11.1 Å². The van der Waals surface area contributed by atoms with Crippen molar-refractivity contribution in [2.75, 3.05) is 0 Å². The van der Waals surface area contributed by atoms with Crippen molar-refractivity contribution in [3.63, 3.8) is 0 Å². The molecule has 4 saturated carbocycles. The molecular formula is C39H54. The first kappa shape index (κ1) is 26.3. The van der Waals surface area contributed by atoms with Crippen LogP contribution in [-0.2, 0) is 5.41 Å². The van der Waals surface area contributed by atoms with Crippen molar-refractivity contribution < 1.29 is 0 Å². The van der Waals surface area contributed by atoms with Crippen molar-refractivity contribution in [1.82, 2.24) is 0 Å². The molecule has 0 aromatic heterocycles. The van der Waals surface area contributed by atoms with E-state index in [0.29, 0.717) is 10.8 Å². The van der Waals surface area contributed by atoms with Gasteiger partial charge in [-0.25, -0.2) is 0 Å². The van der Waals surface area contributed by atoms with Crippen LogP contribution in [0.3, 0.4) is 0 Å². The fourth-order valence-electron chi connectivity index (χ4n) is 12.2. The third-order valence-corrected chi connectivity index (χ3v) is 14.1. The Morgan fingerprint density at radius 2 is 1.36 bits per heavy atom. The Bertz CT molecular complexity index is 1160. The van der Waals surface area contributed by atoms with Crippen molar-refractivity contribution >= 4 is 0 Å². The Kier molecular flexibility index (Phi) is 6.41. The summed E-state index contributed by atoms with van der Waals surface area (Å²) < 4.78 is 0. The highest BCUT2D eigenvalue weighted by Gasteiger charge is 2.62. The third kappa shape index (κ3) is 3.82. The van der Waals surface area contributed by atoms with Gasteiger partial charge in [0, 0.05) is 5.41 Å². The van der Waals surface area contributed by atoms with E-state index in [1.165, 1.54) is 88.2 Å². The molecule has 0 N–H and O–H groups in total. The predicted octanol–water partition coefficient (Wildman–Crippen LogP) is 11.1. The molecule has 0 amide bonds. The Hall–Kier alpha value is -1.56. The molecule has 8 atom stereocenters. The van der Waals surface area contributed by atoms with Crippen LogP contribution in [0.25, 0.3) is 11.1 Å². The van der Waals surface area contributed by atoms with E-state index in [-0.39, 0.29) is 5.41 Å². The second-order valence-corrected chi connectivity index (χ2v) is 16.1. The number of hydrogen-bond donors (Lipinski definition) is 0. The minimum Gasteiger partial charge on any atom is -0.0628 e. The lowest BCUT2D eigenvalue weighted by atomic mass is 9.42. The van der Waals surface area contributed by atoms with Crippen LogP contribution in [0.2, 0.25) is 0 Å². The highest BCUT2D eigenvalue weighted by atomic mass is 14.7. The summed E-state index contributed by atoms with van der Waals surface area (Å²) in [6.45, 7) is 13.0. The zero-order chi connectivity index (χ0) is 27.0. The lowest BCUT2D eigenvalue weighted by Crippen LogP contribution is -2.55.